The van der Waals surface area contributed by atoms with Crippen molar-refractivity contribution < 1.29 is 0 Å². The van der Waals surface area contributed by atoms with Crippen molar-refractivity contribution in [3.63, 3.8) is 0 Å². The highest BCUT2D eigenvalue weighted by Crippen LogP contribution is 2.32. The first-order valence-electron chi connectivity index (χ1n) is 9.31. The van der Waals surface area contributed by atoms with Gasteiger partial charge in [-0.2, -0.15) is 0 Å². The number of fused-ring (bicyclic) bond motifs is 2. The van der Waals surface area contributed by atoms with Crippen LogP contribution >= 0.6 is 11.3 Å². The second kappa shape index (κ2) is 6.83. The van der Waals surface area contributed by atoms with Crippen LogP contribution in [0.2, 0.25) is 0 Å². The average Bonchev–Trinajstić information content (AvgIpc) is 3.34. The van der Waals surface area contributed by atoms with Gasteiger partial charge in [0.05, 0.1) is 28.8 Å². The van der Waals surface area contributed by atoms with Gasteiger partial charge in [0.1, 0.15) is 10.8 Å². The lowest BCUT2D eigenvalue weighted by Gasteiger charge is -2.32. The van der Waals surface area contributed by atoms with Crippen molar-refractivity contribution in [3.05, 3.63) is 52.8 Å². The van der Waals surface area contributed by atoms with Crippen molar-refractivity contribution in [2.75, 3.05) is 13.1 Å². The standard InChI is InChI=1S/C20H22N6S/c21-18(19-14-5-8-22-20(14)24-12-23-19)13-6-9-26(10-7-13)11-17-25-15-3-1-2-4-16(15)27-17/h1-5,8,12-13,22H,6-7,9-11,21H2,(H,23,24)/b19-18-. The molecule has 0 radical (unpaired) electrons. The lowest BCUT2D eigenvalue weighted by molar-refractivity contribution is 0.191. The van der Waals surface area contributed by atoms with Crippen molar-refractivity contribution in [2.45, 2.75) is 19.4 Å². The van der Waals surface area contributed by atoms with Crippen LogP contribution in [-0.4, -0.2) is 34.3 Å². The number of rotatable bonds is 3. The van der Waals surface area contributed by atoms with E-state index in [1.165, 1.54) is 9.71 Å². The summed E-state index contributed by atoms with van der Waals surface area (Å²) in [5.41, 5.74) is 10.7. The third kappa shape index (κ3) is 3.13. The van der Waals surface area contributed by atoms with Crippen molar-refractivity contribution in [2.24, 2.45) is 16.6 Å². The van der Waals surface area contributed by atoms with Crippen LogP contribution in [0.25, 0.3) is 15.9 Å². The summed E-state index contributed by atoms with van der Waals surface area (Å²) in [5, 5.41) is 4.44. The van der Waals surface area contributed by atoms with E-state index < -0.39 is 0 Å². The molecule has 1 aromatic carbocycles. The molecule has 0 aliphatic carbocycles. The number of nitrogens with one attached hydrogen (secondary N) is 2. The second-order valence-corrected chi connectivity index (χ2v) is 8.21. The topological polar surface area (TPSA) is 82.3 Å². The molecule has 4 heterocycles. The molecule has 2 aliphatic heterocycles. The molecule has 1 saturated heterocycles. The van der Waals surface area contributed by atoms with Crippen LogP contribution in [0, 0.1) is 5.92 Å². The molecule has 5 rings (SSSR count). The lowest BCUT2D eigenvalue weighted by atomic mass is 9.91. The largest absolute Gasteiger partial charge is 0.400 e. The first kappa shape index (κ1) is 16.5. The van der Waals surface area contributed by atoms with Gasteiger partial charge in [-0.3, -0.25) is 4.90 Å². The molecule has 0 bridgehead atoms. The summed E-state index contributed by atoms with van der Waals surface area (Å²) in [5.74, 6) is 1.27. The number of aromatic amines is 1. The van der Waals surface area contributed by atoms with Crippen molar-refractivity contribution in [3.8, 4) is 0 Å². The van der Waals surface area contributed by atoms with Crippen LogP contribution in [0.5, 0.6) is 0 Å². The van der Waals surface area contributed by atoms with Gasteiger partial charge in [-0.1, -0.05) is 12.1 Å². The third-order valence-corrected chi connectivity index (χ3v) is 6.43. The van der Waals surface area contributed by atoms with E-state index in [9.17, 15) is 0 Å². The SMILES string of the molecule is N/C(=C1\NC=Nc2[nH]ccc21)C1CCN(Cc2nc3ccccc3s2)CC1. The molecule has 6 nitrogen and oxygen atoms in total. The summed E-state index contributed by atoms with van der Waals surface area (Å²) in [4.78, 5) is 14.7. The maximum Gasteiger partial charge on any atom is 0.141 e. The Bertz CT molecular complexity index is 989. The molecule has 3 aromatic rings. The number of aliphatic imine (C=N–C) groups is 1. The summed E-state index contributed by atoms with van der Waals surface area (Å²) in [6.07, 6.45) is 5.75. The van der Waals surface area contributed by atoms with Gasteiger partial charge in [-0.15, -0.1) is 11.3 Å². The van der Waals surface area contributed by atoms with E-state index in [0.717, 1.165) is 60.8 Å². The van der Waals surface area contributed by atoms with Gasteiger partial charge in [0.15, 0.2) is 0 Å². The molecule has 1 fully saturated rings. The molecule has 0 atom stereocenters. The molecule has 0 saturated carbocycles. The number of benzene rings is 1. The van der Waals surface area contributed by atoms with Crippen molar-refractivity contribution in [1.82, 2.24) is 20.2 Å². The first-order chi connectivity index (χ1) is 13.3. The molecule has 0 amide bonds. The molecule has 0 spiro atoms. The molecular weight excluding hydrogens is 356 g/mol. The molecule has 0 unspecified atom stereocenters. The number of H-pyrrole nitrogens is 1. The van der Waals surface area contributed by atoms with Gasteiger partial charge in [0.2, 0.25) is 0 Å². The maximum atomic E-state index is 6.56. The second-order valence-electron chi connectivity index (χ2n) is 7.10. The number of piperidine rings is 1. The number of para-hydroxylation sites is 1. The summed E-state index contributed by atoms with van der Waals surface area (Å²) >= 11 is 1.80. The fourth-order valence-electron chi connectivity index (χ4n) is 3.93. The number of likely N-dealkylation sites (tertiary alicyclic amines) is 1. The summed E-state index contributed by atoms with van der Waals surface area (Å²) in [7, 11) is 0. The smallest absolute Gasteiger partial charge is 0.141 e. The highest BCUT2D eigenvalue weighted by molar-refractivity contribution is 7.18. The fraction of sp³-hybridized carbons (Fsp3) is 0.300. The minimum absolute atomic E-state index is 0.397. The predicted octanol–water partition coefficient (Wildman–Crippen LogP) is 3.43. The Hall–Kier alpha value is -2.64. The van der Waals surface area contributed by atoms with Crippen LogP contribution in [0.3, 0.4) is 0 Å². The quantitative estimate of drug-likeness (QED) is 0.652. The van der Waals surface area contributed by atoms with E-state index >= 15 is 0 Å². The Kier molecular flexibility index (Phi) is 4.18. The van der Waals surface area contributed by atoms with Gasteiger partial charge >= 0.3 is 0 Å². The van der Waals surface area contributed by atoms with Gasteiger partial charge in [-0.25, -0.2) is 9.98 Å². The number of allylic oxidation sites excluding steroid dienone is 1. The van der Waals surface area contributed by atoms with Crippen LogP contribution in [0.1, 0.15) is 23.4 Å². The molecule has 7 heteroatoms. The van der Waals surface area contributed by atoms with Crippen molar-refractivity contribution in [1.29, 1.82) is 0 Å². The predicted molar refractivity (Wildman–Crippen MR) is 111 cm³/mol. The molecule has 2 aromatic heterocycles. The minimum atomic E-state index is 0.397. The number of nitrogens with zero attached hydrogens (tertiary/aromatic N) is 3. The third-order valence-electron chi connectivity index (χ3n) is 5.41. The van der Waals surface area contributed by atoms with E-state index in [0.29, 0.717) is 5.92 Å². The Morgan fingerprint density at radius 2 is 2.07 bits per heavy atom. The fourth-order valence-corrected chi connectivity index (χ4v) is 4.94. The van der Waals surface area contributed by atoms with Crippen LogP contribution in [0.4, 0.5) is 5.82 Å². The zero-order chi connectivity index (χ0) is 18.2. The number of nitrogens with two attached hydrogens (primary N) is 1. The molecular formula is C20H22N6S. The van der Waals surface area contributed by atoms with E-state index in [2.05, 4.69) is 38.4 Å². The van der Waals surface area contributed by atoms with Crippen LogP contribution in [0.15, 0.2) is 47.2 Å². The molecule has 27 heavy (non-hydrogen) atoms. The molecule has 4 N–H and O–H groups in total. The highest BCUT2D eigenvalue weighted by Gasteiger charge is 2.25. The van der Waals surface area contributed by atoms with E-state index in [1.807, 2.05) is 18.3 Å². The lowest BCUT2D eigenvalue weighted by Crippen LogP contribution is -2.36. The van der Waals surface area contributed by atoms with E-state index in [-0.39, 0.29) is 0 Å². The minimum Gasteiger partial charge on any atom is -0.400 e. The number of hydrogen-bond acceptors (Lipinski definition) is 6. The Balaban J connectivity index is 1.26. The summed E-state index contributed by atoms with van der Waals surface area (Å²) in [6, 6.07) is 10.4. The van der Waals surface area contributed by atoms with E-state index in [4.69, 9.17) is 10.7 Å². The zero-order valence-electron chi connectivity index (χ0n) is 15.0. The first-order valence-corrected chi connectivity index (χ1v) is 10.1. The number of aromatic nitrogens is 2. The maximum absolute atomic E-state index is 6.56. The van der Waals surface area contributed by atoms with Crippen LogP contribution < -0.4 is 11.1 Å². The van der Waals surface area contributed by atoms with Gasteiger partial charge < -0.3 is 16.0 Å². The summed E-state index contributed by atoms with van der Waals surface area (Å²) < 4.78 is 1.27. The molecule has 138 valence electrons. The highest BCUT2D eigenvalue weighted by atomic mass is 32.1. The number of thiazole rings is 1. The molecule has 2 aliphatic rings. The Morgan fingerprint density at radius 3 is 2.93 bits per heavy atom. The van der Waals surface area contributed by atoms with Gasteiger partial charge in [0, 0.05) is 23.4 Å². The monoisotopic (exact) mass is 378 g/mol. The number of hydrogen-bond donors (Lipinski definition) is 3. The summed E-state index contributed by atoms with van der Waals surface area (Å²) in [6.45, 7) is 3.01. The normalized spacial score (nSPS) is 19.9. The van der Waals surface area contributed by atoms with Gasteiger partial charge in [-0.05, 0) is 44.1 Å². The average molecular weight is 379 g/mol. The zero-order valence-corrected chi connectivity index (χ0v) is 15.8. The Morgan fingerprint density at radius 1 is 1.22 bits per heavy atom. The Labute approximate surface area is 161 Å². The van der Waals surface area contributed by atoms with E-state index in [1.54, 1.807) is 17.7 Å². The van der Waals surface area contributed by atoms with Gasteiger partial charge in [0.25, 0.3) is 0 Å². The van der Waals surface area contributed by atoms with Crippen molar-refractivity contribution >= 4 is 39.4 Å². The van der Waals surface area contributed by atoms with Crippen LogP contribution in [-0.2, 0) is 6.54 Å².